The van der Waals surface area contributed by atoms with Gasteiger partial charge >= 0.3 is 0 Å². The Kier molecular flexibility index (Phi) is 4.18. The van der Waals surface area contributed by atoms with Crippen LogP contribution in [-0.4, -0.2) is 11.0 Å². The second kappa shape index (κ2) is 5.90. The van der Waals surface area contributed by atoms with Gasteiger partial charge in [0.15, 0.2) is 5.13 Å². The number of hydrogen-bond acceptors (Lipinski definition) is 3. The fraction of sp³-hybridized carbons (Fsp3) is 0.562. The Morgan fingerprint density at radius 2 is 2.10 bits per heavy atom. The van der Waals surface area contributed by atoms with Gasteiger partial charge in [-0.05, 0) is 42.9 Å². The lowest BCUT2D eigenvalue weighted by Gasteiger charge is -2.34. The zero-order chi connectivity index (χ0) is 14.1. The predicted octanol–water partition coefficient (Wildman–Crippen LogP) is 5.58. The summed E-state index contributed by atoms with van der Waals surface area (Å²) in [7, 11) is 0. The maximum absolute atomic E-state index is 6.04. The molecular weight excluding hydrogens is 288 g/mol. The van der Waals surface area contributed by atoms with Gasteiger partial charge in [0.1, 0.15) is 0 Å². The summed E-state index contributed by atoms with van der Waals surface area (Å²) >= 11 is 7.76. The van der Waals surface area contributed by atoms with E-state index < -0.39 is 0 Å². The first-order chi connectivity index (χ1) is 9.63. The summed E-state index contributed by atoms with van der Waals surface area (Å²) in [5.74, 6) is 1.50. The van der Waals surface area contributed by atoms with Crippen LogP contribution >= 0.6 is 22.9 Å². The highest BCUT2D eigenvalue weighted by Gasteiger charge is 2.28. The van der Waals surface area contributed by atoms with Crippen LogP contribution in [0.4, 0.5) is 5.13 Å². The van der Waals surface area contributed by atoms with Crippen molar-refractivity contribution in [3.63, 3.8) is 0 Å². The molecule has 4 heteroatoms. The lowest BCUT2D eigenvalue weighted by molar-refractivity contribution is 0.254. The van der Waals surface area contributed by atoms with Gasteiger partial charge in [-0.25, -0.2) is 4.98 Å². The van der Waals surface area contributed by atoms with Crippen molar-refractivity contribution in [1.82, 2.24) is 4.98 Å². The molecule has 1 aromatic carbocycles. The molecule has 108 valence electrons. The van der Waals surface area contributed by atoms with E-state index >= 15 is 0 Å². The minimum absolute atomic E-state index is 0.569. The van der Waals surface area contributed by atoms with Gasteiger partial charge in [-0.15, -0.1) is 0 Å². The molecule has 0 spiro atoms. The van der Waals surface area contributed by atoms with E-state index in [-0.39, 0.29) is 0 Å². The average Bonchev–Trinajstić information content (AvgIpc) is 2.80. The number of aromatic nitrogens is 1. The SMILES string of the molecule is CC(C)C1CCCCC1Nc1nc2ccc(Cl)cc2s1. The minimum atomic E-state index is 0.569. The Morgan fingerprint density at radius 3 is 2.90 bits per heavy atom. The first-order valence-electron chi connectivity index (χ1n) is 7.46. The molecule has 2 nitrogen and oxygen atoms in total. The highest BCUT2D eigenvalue weighted by molar-refractivity contribution is 7.22. The second-order valence-corrected chi connectivity index (χ2v) is 7.54. The summed E-state index contributed by atoms with van der Waals surface area (Å²) in [5, 5.41) is 5.51. The van der Waals surface area contributed by atoms with Crippen molar-refractivity contribution in [3.8, 4) is 0 Å². The van der Waals surface area contributed by atoms with Gasteiger partial charge in [0.2, 0.25) is 0 Å². The van der Waals surface area contributed by atoms with E-state index in [1.54, 1.807) is 11.3 Å². The molecule has 0 aliphatic heterocycles. The number of halogens is 1. The Balaban J connectivity index is 1.80. The molecule has 20 heavy (non-hydrogen) atoms. The van der Waals surface area contributed by atoms with Crippen LogP contribution < -0.4 is 5.32 Å². The van der Waals surface area contributed by atoms with Crippen LogP contribution in [0.5, 0.6) is 0 Å². The van der Waals surface area contributed by atoms with Crippen LogP contribution in [0.1, 0.15) is 39.5 Å². The van der Waals surface area contributed by atoms with Gasteiger partial charge < -0.3 is 5.32 Å². The van der Waals surface area contributed by atoms with Crippen LogP contribution in [0.2, 0.25) is 5.02 Å². The second-order valence-electron chi connectivity index (χ2n) is 6.07. The Hall–Kier alpha value is -0.800. The van der Waals surface area contributed by atoms with E-state index in [0.717, 1.165) is 32.2 Å². The third-order valence-electron chi connectivity index (χ3n) is 4.34. The molecule has 2 aromatic rings. The number of nitrogens with zero attached hydrogens (tertiary/aromatic N) is 1. The standard InChI is InChI=1S/C16H21ClN2S/c1-10(2)12-5-3-4-6-13(12)18-16-19-14-8-7-11(17)9-15(14)20-16/h7-10,12-13H,3-6H2,1-2H3,(H,18,19). The van der Waals surface area contributed by atoms with Gasteiger partial charge in [0.25, 0.3) is 0 Å². The lowest BCUT2D eigenvalue weighted by atomic mass is 9.78. The van der Waals surface area contributed by atoms with E-state index in [4.69, 9.17) is 16.6 Å². The summed E-state index contributed by atoms with van der Waals surface area (Å²) < 4.78 is 1.16. The normalized spacial score (nSPS) is 23.4. The van der Waals surface area contributed by atoms with Crippen molar-refractivity contribution in [3.05, 3.63) is 23.2 Å². The van der Waals surface area contributed by atoms with E-state index in [0.29, 0.717) is 6.04 Å². The van der Waals surface area contributed by atoms with Crippen LogP contribution in [-0.2, 0) is 0 Å². The number of hydrogen-bond donors (Lipinski definition) is 1. The van der Waals surface area contributed by atoms with Gasteiger partial charge in [-0.3, -0.25) is 0 Å². The molecule has 0 amide bonds. The Bertz CT molecular complexity index is 593. The van der Waals surface area contributed by atoms with Crippen molar-refractivity contribution in [2.75, 3.05) is 5.32 Å². The first kappa shape index (κ1) is 14.2. The molecular formula is C16H21ClN2S. The largest absolute Gasteiger partial charge is 0.358 e. The number of thiazole rings is 1. The molecule has 0 bridgehead atoms. The summed E-state index contributed by atoms with van der Waals surface area (Å²) in [6.07, 6.45) is 5.31. The van der Waals surface area contributed by atoms with Crippen LogP contribution in [0.3, 0.4) is 0 Å². The fourth-order valence-electron chi connectivity index (χ4n) is 3.26. The fourth-order valence-corrected chi connectivity index (χ4v) is 4.46. The summed E-state index contributed by atoms with van der Waals surface area (Å²) in [6, 6.07) is 6.48. The molecule has 1 aliphatic carbocycles. The third kappa shape index (κ3) is 2.94. The highest BCUT2D eigenvalue weighted by atomic mass is 35.5. The highest BCUT2D eigenvalue weighted by Crippen LogP contribution is 2.34. The maximum Gasteiger partial charge on any atom is 0.184 e. The molecule has 1 heterocycles. The minimum Gasteiger partial charge on any atom is -0.358 e. The number of nitrogens with one attached hydrogen (secondary N) is 1. The van der Waals surface area contributed by atoms with E-state index in [1.807, 2.05) is 18.2 Å². The van der Waals surface area contributed by atoms with E-state index in [9.17, 15) is 0 Å². The van der Waals surface area contributed by atoms with Crippen LogP contribution in [0.15, 0.2) is 18.2 Å². The molecule has 2 unspecified atom stereocenters. The maximum atomic E-state index is 6.04. The smallest absolute Gasteiger partial charge is 0.184 e. The zero-order valence-electron chi connectivity index (χ0n) is 12.0. The molecule has 0 radical (unpaired) electrons. The molecule has 1 N–H and O–H groups in total. The molecule has 1 aromatic heterocycles. The lowest BCUT2D eigenvalue weighted by Crippen LogP contribution is -2.35. The molecule has 0 saturated heterocycles. The molecule has 3 rings (SSSR count). The quantitative estimate of drug-likeness (QED) is 0.801. The van der Waals surface area contributed by atoms with Crippen LogP contribution in [0.25, 0.3) is 10.2 Å². The summed E-state index contributed by atoms with van der Waals surface area (Å²) in [4.78, 5) is 4.69. The molecule has 1 aliphatic rings. The van der Waals surface area contributed by atoms with E-state index in [2.05, 4.69) is 19.2 Å². The van der Waals surface area contributed by atoms with Crippen molar-refractivity contribution in [1.29, 1.82) is 0 Å². The predicted molar refractivity (Wildman–Crippen MR) is 88.8 cm³/mol. The number of benzene rings is 1. The molecule has 2 atom stereocenters. The number of fused-ring (bicyclic) bond motifs is 1. The monoisotopic (exact) mass is 308 g/mol. The molecule has 1 saturated carbocycles. The van der Waals surface area contributed by atoms with Gasteiger partial charge in [-0.2, -0.15) is 0 Å². The number of rotatable bonds is 3. The summed E-state index contributed by atoms with van der Waals surface area (Å²) in [6.45, 7) is 4.67. The third-order valence-corrected chi connectivity index (χ3v) is 5.52. The Labute approximate surface area is 129 Å². The van der Waals surface area contributed by atoms with Gasteiger partial charge in [0, 0.05) is 11.1 Å². The topological polar surface area (TPSA) is 24.9 Å². The van der Waals surface area contributed by atoms with Gasteiger partial charge in [0.05, 0.1) is 10.2 Å². The van der Waals surface area contributed by atoms with Crippen LogP contribution in [0, 0.1) is 11.8 Å². The van der Waals surface area contributed by atoms with Crippen molar-refractivity contribution in [2.45, 2.75) is 45.6 Å². The first-order valence-corrected chi connectivity index (χ1v) is 8.65. The van der Waals surface area contributed by atoms with Crippen molar-refractivity contribution in [2.24, 2.45) is 11.8 Å². The van der Waals surface area contributed by atoms with Crippen molar-refractivity contribution >= 4 is 38.3 Å². The average molecular weight is 309 g/mol. The summed E-state index contributed by atoms with van der Waals surface area (Å²) in [5.41, 5.74) is 1.04. The van der Waals surface area contributed by atoms with E-state index in [1.165, 1.54) is 25.7 Å². The zero-order valence-corrected chi connectivity index (χ0v) is 13.6. The number of anilines is 1. The molecule has 1 fully saturated rings. The van der Waals surface area contributed by atoms with Gasteiger partial charge in [-0.1, -0.05) is 49.6 Å². The van der Waals surface area contributed by atoms with Crippen molar-refractivity contribution < 1.29 is 0 Å². The Morgan fingerprint density at radius 1 is 1.30 bits per heavy atom.